The lowest BCUT2D eigenvalue weighted by molar-refractivity contribution is 0.158. The van der Waals surface area contributed by atoms with Crippen LogP contribution in [-0.2, 0) is 0 Å². The highest BCUT2D eigenvalue weighted by Crippen LogP contribution is 2.27. The number of nitrogens with zero attached hydrogens (tertiary/aromatic N) is 2. The largest absolute Gasteiger partial charge is 0.329 e. The molecule has 0 spiro atoms. The Morgan fingerprint density at radius 3 is 2.60 bits per heavy atom. The Bertz CT molecular complexity index is 545. The highest BCUT2D eigenvalue weighted by molar-refractivity contribution is 5.82. The predicted octanol–water partition coefficient (Wildman–Crippen LogP) is 3.36. The molecule has 0 bridgehead atoms. The molecule has 0 fully saturated rings. The summed E-state index contributed by atoms with van der Waals surface area (Å²) in [6.07, 6.45) is 2.99. The minimum absolute atomic E-state index is 0.230. The Hall–Kier alpha value is -1.45. The minimum atomic E-state index is 0.230. The Morgan fingerprint density at radius 1 is 1.20 bits per heavy atom. The van der Waals surface area contributed by atoms with Crippen molar-refractivity contribution in [3.63, 3.8) is 0 Å². The fourth-order valence-electron chi connectivity index (χ4n) is 2.87. The van der Waals surface area contributed by atoms with Gasteiger partial charge >= 0.3 is 0 Å². The summed E-state index contributed by atoms with van der Waals surface area (Å²) < 4.78 is 0. The van der Waals surface area contributed by atoms with Crippen molar-refractivity contribution in [2.45, 2.75) is 39.3 Å². The first-order chi connectivity index (χ1) is 9.69. The average molecular weight is 271 g/mol. The third-order valence-corrected chi connectivity index (χ3v) is 3.79. The summed E-state index contributed by atoms with van der Waals surface area (Å²) in [5.74, 6) is 0. The highest BCUT2D eigenvalue weighted by atomic mass is 15.2. The van der Waals surface area contributed by atoms with Gasteiger partial charge in [-0.15, -0.1) is 0 Å². The van der Waals surface area contributed by atoms with Crippen LogP contribution < -0.4 is 5.73 Å². The second kappa shape index (κ2) is 6.82. The first-order valence-electron chi connectivity index (χ1n) is 7.48. The maximum absolute atomic E-state index is 6.10. The van der Waals surface area contributed by atoms with Gasteiger partial charge < -0.3 is 5.73 Å². The number of nitrogens with two attached hydrogens (primary N) is 1. The van der Waals surface area contributed by atoms with Crippen molar-refractivity contribution in [2.24, 2.45) is 5.73 Å². The zero-order chi connectivity index (χ0) is 14.5. The van der Waals surface area contributed by atoms with Gasteiger partial charge in [-0.3, -0.25) is 9.88 Å². The molecule has 2 aromatic rings. The molecule has 0 amide bonds. The number of fused-ring (bicyclic) bond motifs is 1. The van der Waals surface area contributed by atoms with Crippen LogP contribution in [0.25, 0.3) is 10.9 Å². The fourth-order valence-corrected chi connectivity index (χ4v) is 2.87. The first-order valence-corrected chi connectivity index (χ1v) is 7.48. The third kappa shape index (κ3) is 3.00. The molecule has 1 unspecified atom stereocenters. The molecule has 0 aliphatic rings. The predicted molar refractivity (Wildman–Crippen MR) is 85.7 cm³/mol. The van der Waals surface area contributed by atoms with Gasteiger partial charge in [-0.25, -0.2) is 0 Å². The second-order valence-electron chi connectivity index (χ2n) is 5.51. The number of benzene rings is 1. The van der Waals surface area contributed by atoms with Gasteiger partial charge in [0.25, 0.3) is 0 Å². The van der Waals surface area contributed by atoms with Crippen molar-refractivity contribution in [2.75, 3.05) is 13.1 Å². The van der Waals surface area contributed by atoms with E-state index in [9.17, 15) is 0 Å². The van der Waals surface area contributed by atoms with Gasteiger partial charge in [0.2, 0.25) is 0 Å². The smallest absolute Gasteiger partial charge is 0.0750 e. The summed E-state index contributed by atoms with van der Waals surface area (Å²) >= 11 is 0. The van der Waals surface area contributed by atoms with Crippen LogP contribution in [0.2, 0.25) is 0 Å². The summed E-state index contributed by atoms with van der Waals surface area (Å²) in [6.45, 7) is 8.36. The average Bonchev–Trinajstić information content (AvgIpc) is 2.47. The number of hydrogen-bond acceptors (Lipinski definition) is 3. The van der Waals surface area contributed by atoms with E-state index >= 15 is 0 Å². The van der Waals surface area contributed by atoms with E-state index in [1.165, 1.54) is 10.9 Å². The van der Waals surface area contributed by atoms with E-state index in [1.54, 1.807) is 0 Å². The van der Waals surface area contributed by atoms with E-state index in [0.717, 1.165) is 18.5 Å². The van der Waals surface area contributed by atoms with Crippen LogP contribution in [0.3, 0.4) is 0 Å². The Balaban J connectivity index is 2.48. The van der Waals surface area contributed by atoms with Crippen molar-refractivity contribution < 1.29 is 0 Å². The van der Waals surface area contributed by atoms with Crippen LogP contribution >= 0.6 is 0 Å². The van der Waals surface area contributed by atoms with Gasteiger partial charge in [0.1, 0.15) is 0 Å². The van der Waals surface area contributed by atoms with Crippen molar-refractivity contribution in [1.29, 1.82) is 0 Å². The topological polar surface area (TPSA) is 42.1 Å². The summed E-state index contributed by atoms with van der Waals surface area (Å²) in [4.78, 5) is 7.05. The molecule has 0 aliphatic carbocycles. The molecule has 1 heterocycles. The third-order valence-electron chi connectivity index (χ3n) is 3.79. The minimum Gasteiger partial charge on any atom is -0.329 e. The molecule has 0 radical (unpaired) electrons. The summed E-state index contributed by atoms with van der Waals surface area (Å²) in [5, 5.41) is 1.18. The van der Waals surface area contributed by atoms with Crippen molar-refractivity contribution in [1.82, 2.24) is 9.88 Å². The van der Waals surface area contributed by atoms with Crippen LogP contribution in [0.5, 0.6) is 0 Å². The van der Waals surface area contributed by atoms with E-state index in [0.29, 0.717) is 12.6 Å². The number of aromatic nitrogens is 1. The maximum Gasteiger partial charge on any atom is 0.0750 e. The number of para-hydroxylation sites is 1. The molecule has 0 saturated carbocycles. The lowest BCUT2D eigenvalue weighted by Crippen LogP contribution is -2.39. The van der Waals surface area contributed by atoms with Gasteiger partial charge in [-0.05, 0) is 38.4 Å². The van der Waals surface area contributed by atoms with Crippen molar-refractivity contribution in [3.8, 4) is 0 Å². The number of hydrogen-bond donors (Lipinski definition) is 1. The van der Waals surface area contributed by atoms with Crippen LogP contribution in [0.1, 0.15) is 38.8 Å². The molecular formula is C17H25N3. The number of pyridine rings is 1. The molecule has 1 aromatic heterocycles. The van der Waals surface area contributed by atoms with Gasteiger partial charge in [0.05, 0.1) is 5.52 Å². The van der Waals surface area contributed by atoms with Crippen LogP contribution in [0, 0.1) is 0 Å². The zero-order valence-electron chi connectivity index (χ0n) is 12.7. The van der Waals surface area contributed by atoms with Crippen LogP contribution in [-0.4, -0.2) is 29.0 Å². The standard InChI is InChI=1S/C17H25N3/c1-4-11-20(13(2)3)16(12-18)15-9-5-7-14-8-6-10-19-17(14)15/h5-10,13,16H,4,11-12,18H2,1-3H3. The Labute approximate surface area is 121 Å². The van der Waals surface area contributed by atoms with Crippen LogP contribution in [0.4, 0.5) is 0 Å². The van der Waals surface area contributed by atoms with Gasteiger partial charge in [0.15, 0.2) is 0 Å². The van der Waals surface area contributed by atoms with E-state index in [1.807, 2.05) is 12.3 Å². The molecule has 3 nitrogen and oxygen atoms in total. The van der Waals surface area contributed by atoms with Gasteiger partial charge in [-0.2, -0.15) is 0 Å². The quantitative estimate of drug-likeness (QED) is 0.876. The molecule has 0 aliphatic heterocycles. The summed E-state index contributed by atoms with van der Waals surface area (Å²) in [7, 11) is 0. The first kappa shape index (κ1) is 14.9. The number of rotatable bonds is 6. The SMILES string of the molecule is CCCN(C(C)C)C(CN)c1cccc2cccnc12. The molecule has 1 atom stereocenters. The second-order valence-corrected chi connectivity index (χ2v) is 5.51. The zero-order valence-corrected chi connectivity index (χ0v) is 12.7. The molecule has 108 valence electrons. The normalized spacial score (nSPS) is 13.3. The molecular weight excluding hydrogens is 246 g/mol. The molecule has 20 heavy (non-hydrogen) atoms. The summed E-state index contributed by atoms with van der Waals surface area (Å²) in [5.41, 5.74) is 8.41. The highest BCUT2D eigenvalue weighted by Gasteiger charge is 2.22. The van der Waals surface area contributed by atoms with Crippen LogP contribution in [0.15, 0.2) is 36.5 Å². The molecule has 1 aromatic carbocycles. The van der Waals surface area contributed by atoms with E-state index in [2.05, 4.69) is 54.9 Å². The van der Waals surface area contributed by atoms with Gasteiger partial charge in [0, 0.05) is 30.2 Å². The van der Waals surface area contributed by atoms with E-state index in [4.69, 9.17) is 5.73 Å². The fraction of sp³-hybridized carbons (Fsp3) is 0.471. The van der Waals surface area contributed by atoms with Crippen molar-refractivity contribution in [3.05, 3.63) is 42.1 Å². The summed E-state index contributed by atoms with van der Waals surface area (Å²) in [6, 6.07) is 11.2. The lowest BCUT2D eigenvalue weighted by atomic mass is 10.00. The van der Waals surface area contributed by atoms with E-state index < -0.39 is 0 Å². The van der Waals surface area contributed by atoms with Crippen molar-refractivity contribution >= 4 is 10.9 Å². The monoisotopic (exact) mass is 271 g/mol. The molecule has 0 saturated heterocycles. The Morgan fingerprint density at radius 2 is 1.95 bits per heavy atom. The Kier molecular flexibility index (Phi) is 5.10. The van der Waals surface area contributed by atoms with E-state index in [-0.39, 0.29) is 6.04 Å². The molecule has 2 rings (SSSR count). The molecule has 3 heteroatoms. The maximum atomic E-state index is 6.10. The molecule has 2 N–H and O–H groups in total. The van der Waals surface area contributed by atoms with Gasteiger partial charge in [-0.1, -0.05) is 31.2 Å². The lowest BCUT2D eigenvalue weighted by Gasteiger charge is -2.34.